The second-order valence-electron chi connectivity index (χ2n) is 4.98. The molecule has 1 amide bonds. The van der Waals surface area contributed by atoms with Gasteiger partial charge in [-0.25, -0.2) is 4.79 Å². The van der Waals surface area contributed by atoms with Crippen molar-refractivity contribution in [3.63, 3.8) is 0 Å². The fourth-order valence-electron chi connectivity index (χ4n) is 2.79. The summed E-state index contributed by atoms with van der Waals surface area (Å²) >= 11 is 1.14. The molecule has 2 bridgehead atoms. The molecule has 8 heteroatoms. The molecule has 22 heavy (non-hydrogen) atoms. The molecule has 0 spiro atoms. The minimum absolute atomic E-state index is 0.266. The molecule has 1 aromatic rings. The van der Waals surface area contributed by atoms with Crippen molar-refractivity contribution >= 4 is 34.9 Å². The Hall–Kier alpha value is -2.19. The first-order chi connectivity index (χ1) is 10.5. The van der Waals surface area contributed by atoms with Gasteiger partial charge >= 0.3 is 11.9 Å². The summed E-state index contributed by atoms with van der Waals surface area (Å²) in [6.45, 7) is 0. The number of rotatable bonds is 4. The van der Waals surface area contributed by atoms with E-state index in [9.17, 15) is 19.5 Å². The maximum atomic E-state index is 12.4. The highest BCUT2D eigenvalue weighted by Gasteiger charge is 2.53. The molecule has 2 aliphatic rings. The number of hydrogen-bond acceptors (Lipinski definition) is 6. The lowest BCUT2D eigenvalue weighted by atomic mass is 9.82. The van der Waals surface area contributed by atoms with Gasteiger partial charge in [0.15, 0.2) is 0 Å². The molecule has 7 nitrogen and oxygen atoms in total. The van der Waals surface area contributed by atoms with Crippen LogP contribution in [0.3, 0.4) is 0 Å². The standard InChI is InChI=1S/C14H13NO6S/c1-20-14(19)11-6(4-5-22-11)15-12(16)9-7-2-3-8(21-7)10(9)13(17)18/h2-5,7-10H,1H3,(H,15,16)(H,17,18)/t7-,8-,9-,10+/m1/s1. The molecule has 3 rings (SSSR count). The molecule has 1 aromatic heterocycles. The topological polar surface area (TPSA) is 102 Å². The first-order valence-corrected chi connectivity index (χ1v) is 7.44. The summed E-state index contributed by atoms with van der Waals surface area (Å²) < 4.78 is 10.1. The summed E-state index contributed by atoms with van der Waals surface area (Å²) in [5.74, 6) is -3.85. The van der Waals surface area contributed by atoms with Crippen molar-refractivity contribution in [2.45, 2.75) is 12.2 Å². The summed E-state index contributed by atoms with van der Waals surface area (Å²) in [6.07, 6.45) is 2.23. The van der Waals surface area contributed by atoms with Gasteiger partial charge in [-0.2, -0.15) is 0 Å². The number of fused-ring (bicyclic) bond motifs is 2. The zero-order valence-electron chi connectivity index (χ0n) is 11.5. The molecular weight excluding hydrogens is 310 g/mol. The van der Waals surface area contributed by atoms with Gasteiger partial charge in [0, 0.05) is 0 Å². The van der Waals surface area contributed by atoms with Crippen LogP contribution in [0.15, 0.2) is 23.6 Å². The summed E-state index contributed by atoms with van der Waals surface area (Å²) in [6, 6.07) is 1.58. The van der Waals surface area contributed by atoms with E-state index in [2.05, 4.69) is 10.1 Å². The lowest BCUT2D eigenvalue weighted by Crippen LogP contribution is -2.39. The molecule has 0 aromatic carbocycles. The number of hydrogen-bond donors (Lipinski definition) is 2. The van der Waals surface area contributed by atoms with Crippen LogP contribution in [0, 0.1) is 11.8 Å². The monoisotopic (exact) mass is 323 g/mol. The fourth-order valence-corrected chi connectivity index (χ4v) is 3.56. The minimum Gasteiger partial charge on any atom is -0.481 e. The number of carbonyl (C=O) groups is 3. The molecule has 116 valence electrons. The third kappa shape index (κ3) is 2.30. The Bertz CT molecular complexity index is 666. The molecule has 1 fully saturated rings. The number of ether oxygens (including phenoxy) is 2. The first-order valence-electron chi connectivity index (χ1n) is 6.56. The molecule has 0 radical (unpaired) electrons. The smallest absolute Gasteiger partial charge is 0.350 e. The zero-order chi connectivity index (χ0) is 15.9. The van der Waals surface area contributed by atoms with E-state index in [0.717, 1.165) is 11.3 Å². The highest BCUT2D eigenvalue weighted by atomic mass is 32.1. The molecule has 0 unspecified atom stereocenters. The number of aliphatic carboxylic acids is 1. The van der Waals surface area contributed by atoms with E-state index in [1.54, 1.807) is 23.6 Å². The largest absolute Gasteiger partial charge is 0.481 e. The predicted molar refractivity (Wildman–Crippen MR) is 76.7 cm³/mol. The van der Waals surface area contributed by atoms with Gasteiger partial charge in [-0.3, -0.25) is 9.59 Å². The van der Waals surface area contributed by atoms with Crippen LogP contribution in [-0.2, 0) is 19.1 Å². The van der Waals surface area contributed by atoms with Crippen LogP contribution < -0.4 is 5.32 Å². The summed E-state index contributed by atoms with van der Waals surface area (Å²) in [7, 11) is 1.25. The van der Waals surface area contributed by atoms with Crippen molar-refractivity contribution < 1.29 is 29.0 Å². The van der Waals surface area contributed by atoms with Gasteiger partial charge in [0.25, 0.3) is 0 Å². The fraction of sp³-hybridized carbons (Fsp3) is 0.357. The third-order valence-electron chi connectivity index (χ3n) is 3.78. The van der Waals surface area contributed by atoms with Gasteiger partial charge in [-0.1, -0.05) is 12.2 Å². The van der Waals surface area contributed by atoms with E-state index in [0.29, 0.717) is 5.69 Å². The van der Waals surface area contributed by atoms with Gasteiger partial charge in [0.05, 0.1) is 30.9 Å². The van der Waals surface area contributed by atoms with Crippen LogP contribution in [0.2, 0.25) is 0 Å². The van der Waals surface area contributed by atoms with Crippen LogP contribution in [-0.4, -0.2) is 42.3 Å². The van der Waals surface area contributed by atoms with E-state index in [1.807, 2.05) is 0 Å². The highest BCUT2D eigenvalue weighted by molar-refractivity contribution is 7.12. The van der Waals surface area contributed by atoms with Crippen molar-refractivity contribution in [3.05, 3.63) is 28.5 Å². The van der Waals surface area contributed by atoms with E-state index in [-0.39, 0.29) is 4.88 Å². The Labute approximate surface area is 129 Å². The Morgan fingerprint density at radius 3 is 2.59 bits per heavy atom. The number of anilines is 1. The van der Waals surface area contributed by atoms with Gasteiger partial charge in [0.2, 0.25) is 5.91 Å². The highest BCUT2D eigenvalue weighted by Crippen LogP contribution is 2.40. The number of nitrogens with one attached hydrogen (secondary N) is 1. The maximum absolute atomic E-state index is 12.4. The van der Waals surface area contributed by atoms with Crippen LogP contribution in [0.4, 0.5) is 5.69 Å². The summed E-state index contributed by atoms with van der Waals surface area (Å²) in [4.78, 5) is 35.7. The number of carboxylic acid groups (broad SMARTS) is 1. The van der Waals surface area contributed by atoms with E-state index in [1.165, 1.54) is 7.11 Å². The van der Waals surface area contributed by atoms with Crippen molar-refractivity contribution in [2.24, 2.45) is 11.8 Å². The molecule has 0 aliphatic carbocycles. The van der Waals surface area contributed by atoms with Gasteiger partial charge < -0.3 is 19.9 Å². The third-order valence-corrected chi connectivity index (χ3v) is 4.68. The van der Waals surface area contributed by atoms with Gasteiger partial charge in [0.1, 0.15) is 10.8 Å². The van der Waals surface area contributed by atoms with Crippen LogP contribution in [0.1, 0.15) is 9.67 Å². The average molecular weight is 323 g/mol. The van der Waals surface area contributed by atoms with E-state index >= 15 is 0 Å². The molecule has 1 saturated heterocycles. The number of carboxylic acids is 1. The molecule has 2 N–H and O–H groups in total. The second kappa shape index (κ2) is 5.54. The maximum Gasteiger partial charge on any atom is 0.350 e. The average Bonchev–Trinajstić information content (AvgIpc) is 3.20. The van der Waals surface area contributed by atoms with Gasteiger partial charge in [-0.05, 0) is 11.4 Å². The quantitative estimate of drug-likeness (QED) is 0.636. The normalized spacial score (nSPS) is 28.6. The first kappa shape index (κ1) is 14.7. The van der Waals surface area contributed by atoms with Crippen molar-refractivity contribution in [2.75, 3.05) is 12.4 Å². The minimum atomic E-state index is -1.07. The Morgan fingerprint density at radius 2 is 1.95 bits per heavy atom. The van der Waals surface area contributed by atoms with Crippen LogP contribution >= 0.6 is 11.3 Å². The van der Waals surface area contributed by atoms with Crippen LogP contribution in [0.25, 0.3) is 0 Å². The number of carbonyl (C=O) groups excluding carboxylic acids is 2. The van der Waals surface area contributed by atoms with Gasteiger partial charge in [-0.15, -0.1) is 11.3 Å². The van der Waals surface area contributed by atoms with Crippen molar-refractivity contribution in [3.8, 4) is 0 Å². The molecular formula is C14H13NO6S. The van der Waals surface area contributed by atoms with Crippen LogP contribution in [0.5, 0.6) is 0 Å². The Morgan fingerprint density at radius 1 is 1.27 bits per heavy atom. The lowest BCUT2D eigenvalue weighted by Gasteiger charge is -2.20. The molecule has 4 atom stereocenters. The van der Waals surface area contributed by atoms with E-state index in [4.69, 9.17) is 4.74 Å². The molecule has 2 aliphatic heterocycles. The van der Waals surface area contributed by atoms with Crippen molar-refractivity contribution in [1.29, 1.82) is 0 Å². The van der Waals surface area contributed by atoms with E-state index < -0.39 is 41.9 Å². The Kier molecular flexibility index (Phi) is 3.71. The zero-order valence-corrected chi connectivity index (χ0v) is 12.3. The number of thiophene rings is 1. The second-order valence-corrected chi connectivity index (χ2v) is 5.90. The Balaban J connectivity index is 1.80. The molecule has 3 heterocycles. The number of esters is 1. The summed E-state index contributed by atoms with van der Waals surface area (Å²) in [5.41, 5.74) is 0.317. The predicted octanol–water partition coefficient (Wildman–Crippen LogP) is 1.13. The summed E-state index contributed by atoms with van der Waals surface area (Å²) in [5, 5.41) is 13.6. The lowest BCUT2D eigenvalue weighted by molar-refractivity contribution is -0.145. The number of amides is 1. The number of methoxy groups -OCH3 is 1. The van der Waals surface area contributed by atoms with Crippen molar-refractivity contribution in [1.82, 2.24) is 0 Å². The molecule has 0 saturated carbocycles. The SMILES string of the molecule is COC(=O)c1sccc1NC(=O)[C@H]1[C@@H](C(=O)O)[C@H]2C=C[C@H]1O2.